The third-order valence-electron chi connectivity index (χ3n) is 3.07. The molecule has 0 unspecified atom stereocenters. The summed E-state index contributed by atoms with van der Waals surface area (Å²) in [6.07, 6.45) is 0. The normalized spacial score (nSPS) is 11.0. The van der Waals surface area contributed by atoms with E-state index >= 15 is 0 Å². The van der Waals surface area contributed by atoms with E-state index in [4.69, 9.17) is 4.42 Å². The average molecular weight is 333 g/mol. The van der Waals surface area contributed by atoms with Crippen molar-refractivity contribution in [3.8, 4) is 0 Å². The Kier molecular flexibility index (Phi) is 4.44. The number of anilines is 1. The lowest BCUT2D eigenvalue weighted by molar-refractivity contribution is 0.559. The predicted molar refractivity (Wildman–Crippen MR) is 90.9 cm³/mol. The van der Waals surface area contributed by atoms with Crippen molar-refractivity contribution in [1.82, 2.24) is 10.2 Å². The summed E-state index contributed by atoms with van der Waals surface area (Å²) in [7, 11) is 0. The zero-order valence-corrected chi connectivity index (χ0v) is 13.9. The first-order chi connectivity index (χ1) is 10.7. The molecule has 0 bridgehead atoms. The summed E-state index contributed by atoms with van der Waals surface area (Å²) < 4.78 is 6.15. The van der Waals surface area contributed by atoms with Gasteiger partial charge >= 0.3 is 5.63 Å². The lowest BCUT2D eigenvalue weighted by atomic mass is 10.1. The number of nitrogens with one attached hydrogen (secondary N) is 1. The molecule has 0 saturated carbocycles. The summed E-state index contributed by atoms with van der Waals surface area (Å²) in [4.78, 5) is 11.7. The van der Waals surface area contributed by atoms with Gasteiger partial charge in [-0.2, -0.15) is 0 Å². The Balaban J connectivity index is 1.85. The second kappa shape index (κ2) is 6.50. The van der Waals surface area contributed by atoms with Crippen LogP contribution in [0.1, 0.15) is 18.1 Å². The third-order valence-corrected chi connectivity index (χ3v) is 5.13. The van der Waals surface area contributed by atoms with Gasteiger partial charge < -0.3 is 9.73 Å². The summed E-state index contributed by atoms with van der Waals surface area (Å²) >= 11 is 3.09. The number of aryl methyl sites for hydroxylation is 1. The van der Waals surface area contributed by atoms with Crippen LogP contribution in [-0.2, 0) is 5.75 Å². The van der Waals surface area contributed by atoms with E-state index in [1.165, 1.54) is 11.3 Å². The van der Waals surface area contributed by atoms with Gasteiger partial charge in [0.1, 0.15) is 5.58 Å². The summed E-state index contributed by atoms with van der Waals surface area (Å²) in [5.41, 5.74) is 2.34. The van der Waals surface area contributed by atoms with E-state index in [1.807, 2.05) is 32.0 Å². The Morgan fingerprint density at radius 1 is 1.32 bits per heavy atom. The molecule has 3 aromatic rings. The van der Waals surface area contributed by atoms with Gasteiger partial charge in [-0.15, -0.1) is 10.2 Å². The third kappa shape index (κ3) is 3.31. The van der Waals surface area contributed by atoms with Gasteiger partial charge in [0, 0.05) is 23.8 Å². The van der Waals surface area contributed by atoms with Crippen LogP contribution in [0, 0.1) is 6.92 Å². The van der Waals surface area contributed by atoms with Gasteiger partial charge in [0.05, 0.1) is 0 Å². The highest BCUT2D eigenvalue weighted by atomic mass is 32.2. The molecule has 7 heteroatoms. The van der Waals surface area contributed by atoms with E-state index in [2.05, 4.69) is 15.5 Å². The highest BCUT2D eigenvalue weighted by Crippen LogP contribution is 2.30. The minimum Gasteiger partial charge on any atom is -0.423 e. The first-order valence-corrected chi connectivity index (χ1v) is 8.69. The van der Waals surface area contributed by atoms with Gasteiger partial charge in [0.15, 0.2) is 4.34 Å². The van der Waals surface area contributed by atoms with Crippen LogP contribution >= 0.6 is 23.1 Å². The van der Waals surface area contributed by atoms with Crippen molar-refractivity contribution in [2.75, 3.05) is 11.9 Å². The molecule has 0 atom stereocenters. The maximum atomic E-state index is 11.7. The molecule has 2 aromatic heterocycles. The molecule has 5 nitrogen and oxygen atoms in total. The van der Waals surface area contributed by atoms with Gasteiger partial charge in [-0.25, -0.2) is 4.79 Å². The molecule has 0 fully saturated rings. The van der Waals surface area contributed by atoms with Gasteiger partial charge in [-0.1, -0.05) is 35.2 Å². The number of nitrogens with zero attached hydrogens (tertiary/aromatic N) is 2. The Bertz CT molecular complexity index is 857. The molecular formula is C15H15N3O2S2. The molecule has 1 N–H and O–H groups in total. The molecule has 3 rings (SSSR count). The fourth-order valence-corrected chi connectivity index (χ4v) is 3.90. The Morgan fingerprint density at radius 3 is 3.00 bits per heavy atom. The number of hydrogen-bond acceptors (Lipinski definition) is 7. The monoisotopic (exact) mass is 333 g/mol. The fourth-order valence-electron chi connectivity index (χ4n) is 2.09. The van der Waals surface area contributed by atoms with Crippen molar-refractivity contribution in [2.45, 2.75) is 23.9 Å². The SMILES string of the molecule is CCNc1nnc(SCc2cc(=O)oc3cc(C)ccc23)s1. The summed E-state index contributed by atoms with van der Waals surface area (Å²) in [6.45, 7) is 4.82. The van der Waals surface area contributed by atoms with Gasteiger partial charge in [0.2, 0.25) is 5.13 Å². The van der Waals surface area contributed by atoms with E-state index in [9.17, 15) is 4.79 Å². The average Bonchev–Trinajstić information content (AvgIpc) is 2.92. The molecule has 1 aromatic carbocycles. The Morgan fingerprint density at radius 2 is 2.18 bits per heavy atom. The summed E-state index contributed by atoms with van der Waals surface area (Å²) in [6, 6.07) is 7.45. The van der Waals surface area contributed by atoms with Crippen LogP contribution in [0.25, 0.3) is 11.0 Å². The highest BCUT2D eigenvalue weighted by molar-refractivity contribution is 8.00. The zero-order valence-electron chi connectivity index (χ0n) is 12.3. The van der Waals surface area contributed by atoms with E-state index in [0.717, 1.165) is 32.5 Å². The highest BCUT2D eigenvalue weighted by Gasteiger charge is 2.09. The molecule has 22 heavy (non-hydrogen) atoms. The van der Waals surface area contributed by atoms with Crippen LogP contribution in [0.5, 0.6) is 0 Å². The lowest BCUT2D eigenvalue weighted by Crippen LogP contribution is -2.00. The number of rotatable bonds is 5. The molecule has 2 heterocycles. The molecule has 0 aliphatic heterocycles. The molecule has 0 aliphatic rings. The van der Waals surface area contributed by atoms with Crippen molar-refractivity contribution in [1.29, 1.82) is 0 Å². The van der Waals surface area contributed by atoms with Crippen LogP contribution in [-0.4, -0.2) is 16.7 Å². The van der Waals surface area contributed by atoms with Crippen LogP contribution in [0.4, 0.5) is 5.13 Å². The van der Waals surface area contributed by atoms with Crippen molar-refractivity contribution < 1.29 is 4.42 Å². The molecule has 0 radical (unpaired) electrons. The minimum absolute atomic E-state index is 0.320. The van der Waals surface area contributed by atoms with Gasteiger partial charge in [0.25, 0.3) is 0 Å². The quantitative estimate of drug-likeness (QED) is 0.567. The van der Waals surface area contributed by atoms with Crippen molar-refractivity contribution in [3.05, 3.63) is 45.8 Å². The second-order valence-corrected chi connectivity index (χ2v) is 6.98. The Labute approximate surface area is 135 Å². The van der Waals surface area contributed by atoms with Crippen molar-refractivity contribution in [3.63, 3.8) is 0 Å². The smallest absolute Gasteiger partial charge is 0.336 e. The first kappa shape index (κ1) is 15.1. The van der Waals surface area contributed by atoms with Crippen LogP contribution < -0.4 is 10.9 Å². The fraction of sp³-hybridized carbons (Fsp3) is 0.267. The van der Waals surface area contributed by atoms with Gasteiger partial charge in [-0.05, 0) is 31.0 Å². The molecule has 114 valence electrons. The molecule has 0 aliphatic carbocycles. The van der Waals surface area contributed by atoms with E-state index in [0.29, 0.717) is 11.3 Å². The largest absolute Gasteiger partial charge is 0.423 e. The molecule has 0 amide bonds. The van der Waals surface area contributed by atoms with Crippen LogP contribution in [0.2, 0.25) is 0 Å². The van der Waals surface area contributed by atoms with E-state index < -0.39 is 0 Å². The minimum atomic E-state index is -0.320. The maximum Gasteiger partial charge on any atom is 0.336 e. The number of benzene rings is 1. The van der Waals surface area contributed by atoms with Crippen molar-refractivity contribution in [2.24, 2.45) is 0 Å². The predicted octanol–water partition coefficient (Wildman–Crippen LogP) is 3.68. The molecule has 0 spiro atoms. The van der Waals surface area contributed by atoms with Crippen LogP contribution in [0.3, 0.4) is 0 Å². The lowest BCUT2D eigenvalue weighted by Gasteiger charge is -2.04. The number of hydrogen-bond donors (Lipinski definition) is 1. The Hall–Kier alpha value is -1.86. The van der Waals surface area contributed by atoms with Gasteiger partial charge in [-0.3, -0.25) is 0 Å². The van der Waals surface area contributed by atoms with Crippen molar-refractivity contribution >= 4 is 39.2 Å². The number of thioether (sulfide) groups is 1. The number of aromatic nitrogens is 2. The maximum absolute atomic E-state index is 11.7. The summed E-state index contributed by atoms with van der Waals surface area (Å²) in [5.74, 6) is 0.659. The van der Waals surface area contributed by atoms with E-state index in [-0.39, 0.29) is 5.63 Å². The standard InChI is InChI=1S/C15H15N3O2S2/c1-3-16-14-17-18-15(22-14)21-8-10-7-13(19)20-12-6-9(2)4-5-11(10)12/h4-7H,3,8H2,1-2H3,(H,16,17). The van der Waals surface area contributed by atoms with Crippen LogP contribution in [0.15, 0.2) is 37.8 Å². The first-order valence-electron chi connectivity index (χ1n) is 6.89. The topological polar surface area (TPSA) is 68.0 Å². The molecular weight excluding hydrogens is 318 g/mol. The summed E-state index contributed by atoms with van der Waals surface area (Å²) in [5, 5.41) is 13.1. The zero-order chi connectivity index (χ0) is 15.5. The second-order valence-electron chi connectivity index (χ2n) is 4.78. The van der Waals surface area contributed by atoms with E-state index in [1.54, 1.807) is 17.8 Å². The number of fused-ring (bicyclic) bond motifs is 1. The molecule has 0 saturated heterocycles.